The molecule has 0 bridgehead atoms. The van der Waals surface area contributed by atoms with Crippen molar-refractivity contribution < 1.29 is 14.7 Å². The lowest BCUT2D eigenvalue weighted by Gasteiger charge is -2.35. The fourth-order valence-corrected chi connectivity index (χ4v) is 4.93. The van der Waals surface area contributed by atoms with E-state index in [1.54, 1.807) is 12.3 Å². The van der Waals surface area contributed by atoms with Gasteiger partial charge in [0.15, 0.2) is 0 Å². The van der Waals surface area contributed by atoms with Gasteiger partial charge in [0.2, 0.25) is 5.78 Å². The van der Waals surface area contributed by atoms with Crippen molar-refractivity contribution in [1.82, 2.24) is 9.47 Å². The van der Waals surface area contributed by atoms with E-state index in [2.05, 4.69) is 4.90 Å². The summed E-state index contributed by atoms with van der Waals surface area (Å²) in [4.78, 5) is 42.9. The lowest BCUT2D eigenvalue weighted by molar-refractivity contribution is -0.142. The Morgan fingerprint density at radius 2 is 1.32 bits per heavy atom. The van der Waals surface area contributed by atoms with Crippen LogP contribution in [0.1, 0.15) is 22.3 Å². The van der Waals surface area contributed by atoms with E-state index in [0.29, 0.717) is 39.1 Å². The van der Waals surface area contributed by atoms with Gasteiger partial charge in [-0.05, 0) is 41.3 Å². The number of rotatable bonds is 8. The molecule has 7 nitrogen and oxygen atoms in total. The number of aliphatic hydroxyl groups is 1. The number of hydrogen-bond acceptors (Lipinski definition) is 5. The normalized spacial score (nSPS) is 13.8. The molecule has 0 spiro atoms. The molecule has 1 amide bonds. The standard InChI is InChI=1S/C33H31N3O4/c37-30(22-31(38)33(40)35-18-16-34(17-19-35)28-14-8-3-9-15-28)29-21-27(20-25-10-4-1-5-11-25)24-36(32(29)39)23-26-12-6-2-7-13-26/h1-15,21-22,24,37H,16-20,23H2/b30-22-. The molecule has 4 aromatic rings. The Morgan fingerprint density at radius 1 is 0.750 bits per heavy atom. The zero-order valence-corrected chi connectivity index (χ0v) is 22.1. The molecule has 40 heavy (non-hydrogen) atoms. The van der Waals surface area contributed by atoms with Gasteiger partial charge in [-0.3, -0.25) is 14.4 Å². The van der Waals surface area contributed by atoms with Crippen LogP contribution in [0, 0.1) is 0 Å². The van der Waals surface area contributed by atoms with Crippen molar-refractivity contribution in [3.05, 3.63) is 142 Å². The first kappa shape index (κ1) is 26.7. The highest BCUT2D eigenvalue weighted by Gasteiger charge is 2.26. The van der Waals surface area contributed by atoms with Crippen molar-refractivity contribution in [1.29, 1.82) is 0 Å². The van der Waals surface area contributed by atoms with Gasteiger partial charge in [0, 0.05) is 44.1 Å². The van der Waals surface area contributed by atoms with Crippen LogP contribution in [0.25, 0.3) is 5.76 Å². The van der Waals surface area contributed by atoms with Crippen molar-refractivity contribution in [2.24, 2.45) is 0 Å². The number of nitrogens with zero attached hydrogens (tertiary/aromatic N) is 3. The highest BCUT2D eigenvalue weighted by molar-refractivity contribution is 6.41. The molecule has 5 rings (SSSR count). The summed E-state index contributed by atoms with van der Waals surface area (Å²) in [5, 5.41) is 10.9. The number of hydrogen-bond donors (Lipinski definition) is 1. The summed E-state index contributed by atoms with van der Waals surface area (Å²) >= 11 is 0. The molecule has 1 aromatic heterocycles. The van der Waals surface area contributed by atoms with Gasteiger partial charge in [-0.15, -0.1) is 0 Å². The number of piperazine rings is 1. The third-order valence-electron chi connectivity index (χ3n) is 7.03. The van der Waals surface area contributed by atoms with Crippen LogP contribution >= 0.6 is 0 Å². The maximum absolute atomic E-state index is 13.4. The summed E-state index contributed by atoms with van der Waals surface area (Å²) in [7, 11) is 0. The van der Waals surface area contributed by atoms with Crippen LogP contribution in [0.4, 0.5) is 5.69 Å². The Hall–Kier alpha value is -4.91. The maximum Gasteiger partial charge on any atom is 0.294 e. The van der Waals surface area contributed by atoms with Crippen LogP contribution in [-0.4, -0.2) is 52.4 Å². The van der Waals surface area contributed by atoms with Crippen LogP contribution in [0.3, 0.4) is 0 Å². The molecule has 0 unspecified atom stereocenters. The largest absolute Gasteiger partial charge is 0.507 e. The molecule has 7 heteroatoms. The molecular weight excluding hydrogens is 502 g/mol. The third-order valence-corrected chi connectivity index (χ3v) is 7.03. The summed E-state index contributed by atoms with van der Waals surface area (Å²) in [5.41, 5.74) is 3.39. The predicted molar refractivity (Wildman–Crippen MR) is 156 cm³/mol. The van der Waals surface area contributed by atoms with E-state index in [1.165, 1.54) is 9.47 Å². The average molecular weight is 534 g/mol. The van der Waals surface area contributed by atoms with Crippen molar-refractivity contribution in [3.63, 3.8) is 0 Å². The number of carbonyl (C=O) groups is 2. The number of benzene rings is 3. The molecule has 202 valence electrons. The molecule has 1 N–H and O–H groups in total. The van der Waals surface area contributed by atoms with Crippen LogP contribution in [0.2, 0.25) is 0 Å². The second-order valence-corrected chi connectivity index (χ2v) is 9.85. The first-order valence-electron chi connectivity index (χ1n) is 13.3. The first-order chi connectivity index (χ1) is 19.5. The average Bonchev–Trinajstić information content (AvgIpc) is 3.00. The third kappa shape index (κ3) is 6.38. The number of ketones is 1. The Morgan fingerprint density at radius 3 is 1.95 bits per heavy atom. The monoisotopic (exact) mass is 533 g/mol. The topological polar surface area (TPSA) is 82.8 Å². The minimum atomic E-state index is -0.854. The molecule has 1 fully saturated rings. The molecular formula is C33H31N3O4. The number of para-hydroxylation sites is 1. The summed E-state index contributed by atoms with van der Waals surface area (Å²) in [6.45, 7) is 2.30. The second kappa shape index (κ2) is 12.3. The van der Waals surface area contributed by atoms with E-state index in [1.807, 2.05) is 91.0 Å². The zero-order valence-electron chi connectivity index (χ0n) is 22.1. The highest BCUT2D eigenvalue weighted by atomic mass is 16.3. The van der Waals surface area contributed by atoms with E-state index >= 15 is 0 Å². The summed E-state index contributed by atoms with van der Waals surface area (Å²) < 4.78 is 1.53. The van der Waals surface area contributed by atoms with E-state index in [-0.39, 0.29) is 5.56 Å². The lowest BCUT2D eigenvalue weighted by atomic mass is 10.0. The molecule has 0 aliphatic carbocycles. The maximum atomic E-state index is 13.4. The molecule has 0 radical (unpaired) electrons. The SMILES string of the molecule is O=C(/C=C(\O)c1cc(Cc2ccccc2)cn(Cc2ccccc2)c1=O)C(=O)N1CCN(c2ccccc2)CC1. The zero-order chi connectivity index (χ0) is 27.9. The number of aliphatic hydroxyl groups excluding tert-OH is 1. The minimum Gasteiger partial charge on any atom is -0.507 e. The van der Waals surface area contributed by atoms with E-state index in [4.69, 9.17) is 0 Å². The van der Waals surface area contributed by atoms with Crippen LogP contribution < -0.4 is 10.5 Å². The highest BCUT2D eigenvalue weighted by Crippen LogP contribution is 2.17. The molecule has 2 heterocycles. The first-order valence-corrected chi connectivity index (χ1v) is 13.3. The number of carbonyl (C=O) groups excluding carboxylic acids is 2. The summed E-state index contributed by atoms with van der Waals surface area (Å²) in [5.74, 6) is -2.06. The number of aromatic nitrogens is 1. The van der Waals surface area contributed by atoms with Gasteiger partial charge in [-0.1, -0.05) is 78.9 Å². The number of pyridine rings is 1. The molecule has 0 atom stereocenters. The molecule has 0 saturated carbocycles. The fourth-order valence-electron chi connectivity index (χ4n) is 4.93. The van der Waals surface area contributed by atoms with Crippen molar-refractivity contribution >= 4 is 23.1 Å². The van der Waals surface area contributed by atoms with E-state index in [9.17, 15) is 19.5 Å². The Balaban J connectivity index is 1.36. The van der Waals surface area contributed by atoms with E-state index in [0.717, 1.165) is 28.5 Å². The van der Waals surface area contributed by atoms with Gasteiger partial charge >= 0.3 is 0 Å². The summed E-state index contributed by atoms with van der Waals surface area (Å²) in [6.07, 6.45) is 3.19. The van der Waals surface area contributed by atoms with Gasteiger partial charge in [0.25, 0.3) is 11.5 Å². The smallest absolute Gasteiger partial charge is 0.294 e. The van der Waals surface area contributed by atoms with Gasteiger partial charge in [-0.2, -0.15) is 0 Å². The second-order valence-electron chi connectivity index (χ2n) is 9.85. The quantitative estimate of drug-likeness (QED) is 0.207. The van der Waals surface area contributed by atoms with Gasteiger partial charge in [0.1, 0.15) is 5.76 Å². The lowest BCUT2D eigenvalue weighted by Crippen LogP contribution is -2.50. The fraction of sp³-hybridized carbons (Fsp3) is 0.182. The van der Waals surface area contributed by atoms with Gasteiger partial charge < -0.3 is 19.5 Å². The Labute approximate surface area is 233 Å². The van der Waals surface area contributed by atoms with Crippen molar-refractivity contribution in [2.75, 3.05) is 31.1 Å². The van der Waals surface area contributed by atoms with Crippen molar-refractivity contribution in [3.8, 4) is 0 Å². The number of anilines is 1. The predicted octanol–water partition coefficient (Wildman–Crippen LogP) is 4.30. The minimum absolute atomic E-state index is 0.0144. The van der Waals surface area contributed by atoms with Gasteiger partial charge in [0.05, 0.1) is 12.1 Å². The molecule has 3 aromatic carbocycles. The van der Waals surface area contributed by atoms with Crippen LogP contribution in [0.5, 0.6) is 0 Å². The van der Waals surface area contributed by atoms with Crippen LogP contribution in [0.15, 0.2) is 114 Å². The molecule has 1 saturated heterocycles. The Kier molecular flexibility index (Phi) is 8.21. The van der Waals surface area contributed by atoms with Crippen molar-refractivity contribution in [2.45, 2.75) is 13.0 Å². The Bertz CT molecular complexity index is 1560. The van der Waals surface area contributed by atoms with Gasteiger partial charge in [-0.25, -0.2) is 0 Å². The molecule has 1 aliphatic rings. The van der Waals surface area contributed by atoms with E-state index < -0.39 is 23.0 Å². The molecule has 1 aliphatic heterocycles. The van der Waals surface area contributed by atoms with Crippen LogP contribution in [-0.2, 0) is 22.6 Å². The summed E-state index contributed by atoms with van der Waals surface area (Å²) in [6, 6.07) is 30.8. The number of amides is 1.